The first-order valence-corrected chi connectivity index (χ1v) is 6.07. The number of hydrogen-bond acceptors (Lipinski definition) is 4. The average molecular weight is 280 g/mol. The quantitative estimate of drug-likeness (QED) is 0.691. The standard InChI is InChI=1S/C13H14ClN3O2/c1-8-5-10(17(2)16-8)7-19-13(18)11-4-3-9(14)6-12(11)15/h3-6H,7,15H2,1-2H3. The predicted molar refractivity (Wildman–Crippen MR) is 72.9 cm³/mol. The molecule has 0 aliphatic rings. The molecule has 0 aliphatic heterocycles. The van der Waals surface area contributed by atoms with Gasteiger partial charge in [-0.2, -0.15) is 5.10 Å². The van der Waals surface area contributed by atoms with Gasteiger partial charge in [0.2, 0.25) is 0 Å². The van der Waals surface area contributed by atoms with Gasteiger partial charge in [-0.1, -0.05) is 11.6 Å². The van der Waals surface area contributed by atoms with Crippen LogP contribution in [0.4, 0.5) is 5.69 Å². The summed E-state index contributed by atoms with van der Waals surface area (Å²) in [5.74, 6) is -0.479. The number of ether oxygens (including phenoxy) is 1. The summed E-state index contributed by atoms with van der Waals surface area (Å²) in [7, 11) is 1.80. The van der Waals surface area contributed by atoms with E-state index in [9.17, 15) is 4.79 Å². The Labute approximate surface area is 115 Å². The Kier molecular flexibility index (Phi) is 3.76. The van der Waals surface area contributed by atoms with E-state index in [4.69, 9.17) is 22.1 Å². The summed E-state index contributed by atoms with van der Waals surface area (Å²) in [5.41, 5.74) is 8.03. The highest BCUT2D eigenvalue weighted by molar-refractivity contribution is 6.31. The normalized spacial score (nSPS) is 10.5. The van der Waals surface area contributed by atoms with E-state index in [1.54, 1.807) is 23.9 Å². The number of nitrogens with zero attached hydrogens (tertiary/aromatic N) is 2. The van der Waals surface area contributed by atoms with Crippen molar-refractivity contribution in [2.45, 2.75) is 13.5 Å². The number of aryl methyl sites for hydroxylation is 2. The first kappa shape index (κ1) is 13.4. The van der Waals surface area contributed by atoms with Gasteiger partial charge in [0.15, 0.2) is 0 Å². The third-order valence-corrected chi connectivity index (χ3v) is 2.92. The van der Waals surface area contributed by atoms with Gasteiger partial charge in [0, 0.05) is 17.8 Å². The summed E-state index contributed by atoms with van der Waals surface area (Å²) in [4.78, 5) is 11.9. The Morgan fingerprint density at radius 3 is 2.79 bits per heavy atom. The zero-order valence-electron chi connectivity index (χ0n) is 10.7. The molecular weight excluding hydrogens is 266 g/mol. The molecule has 2 N–H and O–H groups in total. The molecule has 1 aromatic heterocycles. The van der Waals surface area contributed by atoms with Crippen molar-refractivity contribution in [1.82, 2.24) is 9.78 Å². The van der Waals surface area contributed by atoms with Crippen LogP contribution >= 0.6 is 11.6 Å². The zero-order chi connectivity index (χ0) is 14.0. The second kappa shape index (κ2) is 5.32. The number of hydrogen-bond donors (Lipinski definition) is 1. The lowest BCUT2D eigenvalue weighted by atomic mass is 10.2. The number of nitrogens with two attached hydrogens (primary N) is 1. The van der Waals surface area contributed by atoms with Crippen molar-refractivity contribution < 1.29 is 9.53 Å². The van der Waals surface area contributed by atoms with Gasteiger partial charge in [0.05, 0.1) is 17.0 Å². The van der Waals surface area contributed by atoms with Gasteiger partial charge in [-0.3, -0.25) is 4.68 Å². The number of carbonyl (C=O) groups excluding carboxylic acids is 1. The average Bonchev–Trinajstić information content (AvgIpc) is 2.65. The monoisotopic (exact) mass is 279 g/mol. The number of benzene rings is 1. The molecule has 1 aromatic carbocycles. The fraction of sp³-hybridized carbons (Fsp3) is 0.231. The second-order valence-corrected chi connectivity index (χ2v) is 4.64. The van der Waals surface area contributed by atoms with Crippen molar-refractivity contribution in [3.63, 3.8) is 0 Å². The van der Waals surface area contributed by atoms with E-state index in [0.29, 0.717) is 16.3 Å². The smallest absolute Gasteiger partial charge is 0.340 e. The lowest BCUT2D eigenvalue weighted by Gasteiger charge is -2.07. The Hall–Kier alpha value is -2.01. The molecule has 19 heavy (non-hydrogen) atoms. The highest BCUT2D eigenvalue weighted by Crippen LogP contribution is 2.19. The van der Waals surface area contributed by atoms with Crippen LogP contribution in [0.25, 0.3) is 0 Å². The lowest BCUT2D eigenvalue weighted by molar-refractivity contribution is 0.0465. The largest absolute Gasteiger partial charge is 0.456 e. The number of esters is 1. The Morgan fingerprint density at radius 1 is 1.47 bits per heavy atom. The number of nitrogen functional groups attached to an aromatic ring is 1. The Bertz CT molecular complexity index is 622. The molecule has 0 saturated heterocycles. The first-order chi connectivity index (χ1) is 8.97. The Balaban J connectivity index is 2.07. The molecule has 0 unspecified atom stereocenters. The van der Waals surface area contributed by atoms with Crippen LogP contribution in [-0.2, 0) is 18.4 Å². The number of anilines is 1. The molecule has 6 heteroatoms. The minimum absolute atomic E-state index is 0.151. The number of aromatic nitrogens is 2. The van der Waals surface area contributed by atoms with E-state index in [1.165, 1.54) is 6.07 Å². The topological polar surface area (TPSA) is 70.1 Å². The number of halogens is 1. The van der Waals surface area contributed by atoms with Crippen LogP contribution in [0, 0.1) is 6.92 Å². The fourth-order valence-corrected chi connectivity index (χ4v) is 1.92. The maximum atomic E-state index is 11.9. The van der Waals surface area contributed by atoms with Crippen LogP contribution < -0.4 is 5.73 Å². The highest BCUT2D eigenvalue weighted by Gasteiger charge is 2.12. The molecule has 0 amide bonds. The van der Waals surface area contributed by atoms with Crippen molar-refractivity contribution in [3.05, 3.63) is 46.2 Å². The van der Waals surface area contributed by atoms with Crippen molar-refractivity contribution in [2.75, 3.05) is 5.73 Å². The van der Waals surface area contributed by atoms with Crippen molar-refractivity contribution >= 4 is 23.3 Å². The summed E-state index contributed by atoms with van der Waals surface area (Å²) in [6.07, 6.45) is 0. The molecule has 5 nitrogen and oxygen atoms in total. The second-order valence-electron chi connectivity index (χ2n) is 4.21. The fourth-order valence-electron chi connectivity index (χ4n) is 1.74. The zero-order valence-corrected chi connectivity index (χ0v) is 11.4. The van der Waals surface area contributed by atoms with E-state index in [2.05, 4.69) is 5.10 Å². The summed E-state index contributed by atoms with van der Waals surface area (Å²) >= 11 is 5.77. The van der Waals surface area contributed by atoms with Crippen LogP contribution in [0.1, 0.15) is 21.7 Å². The molecule has 0 spiro atoms. The summed E-state index contributed by atoms with van der Waals surface area (Å²) in [6, 6.07) is 6.53. The maximum absolute atomic E-state index is 11.9. The van der Waals surface area contributed by atoms with Crippen molar-refractivity contribution in [3.8, 4) is 0 Å². The Morgan fingerprint density at radius 2 is 2.21 bits per heavy atom. The maximum Gasteiger partial charge on any atom is 0.340 e. The van der Waals surface area contributed by atoms with Gasteiger partial charge in [-0.05, 0) is 31.2 Å². The van der Waals surface area contributed by atoms with Gasteiger partial charge in [0.25, 0.3) is 0 Å². The van der Waals surface area contributed by atoms with Crippen LogP contribution in [0.2, 0.25) is 5.02 Å². The molecule has 0 saturated carbocycles. The first-order valence-electron chi connectivity index (χ1n) is 5.69. The van der Waals surface area contributed by atoms with E-state index in [1.807, 2.05) is 13.0 Å². The summed E-state index contributed by atoms with van der Waals surface area (Å²) in [6.45, 7) is 2.03. The SMILES string of the molecule is Cc1cc(COC(=O)c2ccc(Cl)cc2N)n(C)n1. The molecule has 0 bridgehead atoms. The van der Waals surface area contributed by atoms with E-state index >= 15 is 0 Å². The highest BCUT2D eigenvalue weighted by atomic mass is 35.5. The third kappa shape index (κ3) is 3.06. The van der Waals surface area contributed by atoms with E-state index in [-0.39, 0.29) is 6.61 Å². The molecule has 0 aliphatic carbocycles. The van der Waals surface area contributed by atoms with Crippen molar-refractivity contribution in [2.24, 2.45) is 7.05 Å². The minimum atomic E-state index is -0.479. The minimum Gasteiger partial charge on any atom is -0.456 e. The van der Waals surface area contributed by atoms with Gasteiger partial charge >= 0.3 is 5.97 Å². The van der Waals surface area contributed by atoms with Crippen LogP contribution in [-0.4, -0.2) is 15.7 Å². The molecule has 0 fully saturated rings. The lowest BCUT2D eigenvalue weighted by Crippen LogP contribution is -2.10. The summed E-state index contributed by atoms with van der Waals surface area (Å²) < 4.78 is 6.88. The predicted octanol–water partition coefficient (Wildman–Crippen LogP) is 2.32. The van der Waals surface area contributed by atoms with Crippen molar-refractivity contribution in [1.29, 1.82) is 0 Å². The van der Waals surface area contributed by atoms with E-state index < -0.39 is 5.97 Å². The van der Waals surface area contributed by atoms with Gasteiger partial charge < -0.3 is 10.5 Å². The van der Waals surface area contributed by atoms with Gasteiger partial charge in [-0.25, -0.2) is 4.79 Å². The molecule has 2 aromatic rings. The van der Waals surface area contributed by atoms with Crippen LogP contribution in [0.3, 0.4) is 0 Å². The van der Waals surface area contributed by atoms with E-state index in [0.717, 1.165) is 11.4 Å². The molecule has 1 heterocycles. The molecule has 2 rings (SSSR count). The molecule has 0 radical (unpaired) electrons. The molecule has 0 atom stereocenters. The van der Waals surface area contributed by atoms with Gasteiger partial charge in [0.1, 0.15) is 6.61 Å². The van der Waals surface area contributed by atoms with Gasteiger partial charge in [-0.15, -0.1) is 0 Å². The summed E-state index contributed by atoms with van der Waals surface area (Å²) in [5, 5.41) is 4.66. The molecular formula is C13H14ClN3O2. The number of carbonyl (C=O) groups is 1. The van der Waals surface area contributed by atoms with Crippen LogP contribution in [0.5, 0.6) is 0 Å². The molecule has 100 valence electrons. The van der Waals surface area contributed by atoms with Crippen LogP contribution in [0.15, 0.2) is 24.3 Å². The number of rotatable bonds is 3. The third-order valence-electron chi connectivity index (χ3n) is 2.68.